The van der Waals surface area contributed by atoms with Crippen molar-refractivity contribution in [1.29, 1.82) is 0 Å². The van der Waals surface area contributed by atoms with E-state index in [0.717, 1.165) is 27.8 Å². The van der Waals surface area contributed by atoms with Gasteiger partial charge in [-0.3, -0.25) is 0 Å². The van der Waals surface area contributed by atoms with Crippen LogP contribution in [0.25, 0.3) is 27.9 Å². The van der Waals surface area contributed by atoms with Gasteiger partial charge in [0.1, 0.15) is 5.82 Å². The third-order valence-corrected chi connectivity index (χ3v) is 5.41. The smallest absolute Gasteiger partial charge is 0.357 e. The lowest BCUT2D eigenvalue weighted by Crippen LogP contribution is -2.21. The molecule has 3 N–H and O–H groups in total. The second kappa shape index (κ2) is 8.76. The number of nitrogens with zero attached hydrogens (tertiary/aromatic N) is 2. The van der Waals surface area contributed by atoms with E-state index in [9.17, 15) is 4.79 Å². The van der Waals surface area contributed by atoms with Gasteiger partial charge in [0.05, 0.1) is 34.4 Å². The molecule has 7 nitrogen and oxygen atoms in total. The van der Waals surface area contributed by atoms with Gasteiger partial charge in [-0.25, -0.2) is 9.78 Å². The summed E-state index contributed by atoms with van der Waals surface area (Å²) in [5, 5.41) is 6.75. The zero-order valence-electron chi connectivity index (χ0n) is 17.8. The summed E-state index contributed by atoms with van der Waals surface area (Å²) in [6.07, 6.45) is 1.83. The van der Waals surface area contributed by atoms with Crippen molar-refractivity contribution < 1.29 is 9.53 Å². The number of rotatable bonds is 5. The molecule has 164 valence electrons. The average Bonchev–Trinajstić information content (AvgIpc) is 3.38. The Balaban J connectivity index is 1.69. The highest BCUT2D eigenvalue weighted by atomic mass is 32.1. The monoisotopic (exact) mass is 455 g/mol. The van der Waals surface area contributed by atoms with E-state index in [1.54, 1.807) is 11.3 Å². The van der Waals surface area contributed by atoms with Gasteiger partial charge in [-0.2, -0.15) is 0 Å². The number of anilines is 2. The van der Waals surface area contributed by atoms with E-state index in [2.05, 4.69) is 15.6 Å². The van der Waals surface area contributed by atoms with Crippen molar-refractivity contribution in [3.63, 3.8) is 0 Å². The maximum absolute atomic E-state index is 13.1. The number of imidazole rings is 1. The van der Waals surface area contributed by atoms with Crippen LogP contribution in [0.2, 0.25) is 0 Å². The molecule has 0 saturated carbocycles. The highest BCUT2D eigenvalue weighted by Crippen LogP contribution is 2.37. The summed E-state index contributed by atoms with van der Waals surface area (Å²) in [4.78, 5) is 21.2. The van der Waals surface area contributed by atoms with Crippen molar-refractivity contribution in [1.82, 2.24) is 14.4 Å². The van der Waals surface area contributed by atoms with Gasteiger partial charge in [-0.1, -0.05) is 36.4 Å². The molecule has 33 heavy (non-hydrogen) atoms. The fourth-order valence-electron chi connectivity index (χ4n) is 3.84. The number of para-hydroxylation sites is 3. The molecule has 0 aliphatic heterocycles. The molecule has 0 radical (unpaired) electrons. The van der Waals surface area contributed by atoms with Gasteiger partial charge in [0.25, 0.3) is 0 Å². The lowest BCUT2D eigenvalue weighted by atomic mass is 10.2. The number of fused-ring (bicyclic) bond motifs is 2. The summed E-state index contributed by atoms with van der Waals surface area (Å²) in [6.45, 7) is 2.04. The molecule has 0 spiro atoms. The number of hydrogen-bond acceptors (Lipinski definition) is 4. The third kappa shape index (κ3) is 3.92. The number of carbonyl (C=O) groups is 1. The Bertz CT molecular complexity index is 1440. The van der Waals surface area contributed by atoms with Crippen LogP contribution in [0.4, 0.5) is 11.4 Å². The number of pyridine rings is 1. The van der Waals surface area contributed by atoms with Crippen LogP contribution in [0.3, 0.4) is 0 Å². The molecule has 0 unspecified atom stereocenters. The Morgan fingerprint density at radius 2 is 1.79 bits per heavy atom. The fraction of sp³-hybridized carbons (Fsp3) is 0.0800. The molecule has 0 bridgehead atoms. The predicted octanol–water partition coefficient (Wildman–Crippen LogP) is 5.47. The summed E-state index contributed by atoms with van der Waals surface area (Å²) < 4.78 is 7.19. The van der Waals surface area contributed by atoms with Gasteiger partial charge in [0.2, 0.25) is 0 Å². The summed E-state index contributed by atoms with van der Waals surface area (Å²) in [6, 6.07) is 23.1. The van der Waals surface area contributed by atoms with E-state index in [4.69, 9.17) is 21.9 Å². The third-order valence-electron chi connectivity index (χ3n) is 5.21. The van der Waals surface area contributed by atoms with Crippen LogP contribution in [0, 0.1) is 0 Å². The Hall–Kier alpha value is -4.17. The summed E-state index contributed by atoms with van der Waals surface area (Å²) in [5.41, 5.74) is 4.96. The number of H-pyrrole nitrogens is 1. The van der Waals surface area contributed by atoms with Crippen LogP contribution in [0.15, 0.2) is 79.0 Å². The van der Waals surface area contributed by atoms with Crippen LogP contribution >= 0.6 is 12.2 Å². The molecule has 2 aromatic carbocycles. The lowest BCUT2D eigenvalue weighted by Gasteiger charge is -2.12. The molecule has 3 heterocycles. The molecule has 0 atom stereocenters. The largest absolute Gasteiger partial charge is 0.461 e. The molecule has 3 aromatic heterocycles. The Morgan fingerprint density at radius 3 is 2.58 bits per heavy atom. The number of carbonyl (C=O) groups excluding carboxylic acids is 1. The SMILES string of the molecule is CCOC(=O)c1c(NC(=S)Nc2ccccc2)c(-c2nc3ccccc3[nH]2)c2ccccn12. The van der Waals surface area contributed by atoms with Crippen LogP contribution in [-0.4, -0.2) is 32.1 Å². The zero-order valence-corrected chi connectivity index (χ0v) is 18.6. The molecular weight excluding hydrogens is 434 g/mol. The molecule has 0 aliphatic carbocycles. The van der Waals surface area contributed by atoms with Crippen LogP contribution < -0.4 is 10.6 Å². The minimum absolute atomic E-state index is 0.255. The van der Waals surface area contributed by atoms with Crippen molar-refractivity contribution in [2.24, 2.45) is 0 Å². The van der Waals surface area contributed by atoms with Gasteiger partial charge in [-0.15, -0.1) is 0 Å². The first-order valence-electron chi connectivity index (χ1n) is 10.5. The molecule has 5 rings (SSSR count). The second-order valence-electron chi connectivity index (χ2n) is 7.32. The van der Waals surface area contributed by atoms with Gasteiger partial charge < -0.3 is 24.8 Å². The van der Waals surface area contributed by atoms with Crippen LogP contribution in [0.1, 0.15) is 17.4 Å². The minimum atomic E-state index is -0.453. The summed E-state index contributed by atoms with van der Waals surface area (Å²) in [5.74, 6) is 0.173. The average molecular weight is 456 g/mol. The highest BCUT2D eigenvalue weighted by molar-refractivity contribution is 7.80. The first-order valence-corrected chi connectivity index (χ1v) is 10.9. The van der Waals surface area contributed by atoms with Crippen molar-refractivity contribution in [3.8, 4) is 11.4 Å². The molecule has 8 heteroatoms. The number of benzene rings is 2. The molecule has 5 aromatic rings. The van der Waals surface area contributed by atoms with Gasteiger partial charge in [-0.05, 0) is 55.5 Å². The molecule has 0 saturated heterocycles. The maximum Gasteiger partial charge on any atom is 0.357 e. The van der Waals surface area contributed by atoms with E-state index < -0.39 is 5.97 Å². The van der Waals surface area contributed by atoms with Crippen molar-refractivity contribution in [2.75, 3.05) is 17.2 Å². The van der Waals surface area contributed by atoms with Crippen molar-refractivity contribution >= 4 is 51.2 Å². The number of thiocarbonyl (C=S) groups is 1. The minimum Gasteiger partial charge on any atom is -0.461 e. The van der Waals surface area contributed by atoms with Gasteiger partial charge >= 0.3 is 5.97 Å². The van der Waals surface area contributed by atoms with E-state index >= 15 is 0 Å². The van der Waals surface area contributed by atoms with Gasteiger partial charge in [0.15, 0.2) is 10.8 Å². The highest BCUT2D eigenvalue weighted by Gasteiger charge is 2.27. The molecule has 0 aliphatic rings. The Kier molecular flexibility index (Phi) is 5.50. The number of hydrogen-bond donors (Lipinski definition) is 3. The van der Waals surface area contributed by atoms with Crippen LogP contribution in [-0.2, 0) is 4.74 Å². The quantitative estimate of drug-likeness (QED) is 0.241. The zero-order chi connectivity index (χ0) is 22.8. The maximum atomic E-state index is 13.1. The first kappa shape index (κ1) is 20.7. The van der Waals surface area contributed by atoms with Gasteiger partial charge in [0, 0.05) is 11.9 Å². The summed E-state index contributed by atoms with van der Waals surface area (Å²) >= 11 is 5.59. The number of aromatic nitrogens is 3. The normalized spacial score (nSPS) is 10.9. The fourth-order valence-corrected chi connectivity index (χ4v) is 4.06. The van der Waals surface area contributed by atoms with E-state index in [1.807, 2.05) is 79.0 Å². The van der Waals surface area contributed by atoms with Crippen molar-refractivity contribution in [3.05, 3.63) is 84.7 Å². The first-order chi connectivity index (χ1) is 16.2. The van der Waals surface area contributed by atoms with E-state index in [1.165, 1.54) is 0 Å². The standard InChI is InChI=1S/C25H21N5O2S/c1-2-32-24(31)22-21(29-25(33)26-16-10-4-3-5-11-16)20(19-14-8-9-15-30(19)22)23-27-17-12-6-7-13-18(17)28-23/h3-15H,2H2,1H3,(H,27,28)(H2,26,29,33). The van der Waals surface area contributed by atoms with Crippen molar-refractivity contribution in [2.45, 2.75) is 6.92 Å². The predicted molar refractivity (Wildman–Crippen MR) is 135 cm³/mol. The molecular formula is C25H21N5O2S. The second-order valence-corrected chi connectivity index (χ2v) is 7.73. The van der Waals surface area contributed by atoms with E-state index in [0.29, 0.717) is 22.3 Å². The Morgan fingerprint density at radius 1 is 1.03 bits per heavy atom. The Labute approximate surface area is 195 Å². The molecule has 0 amide bonds. The van der Waals surface area contributed by atoms with Crippen LogP contribution in [0.5, 0.6) is 0 Å². The van der Waals surface area contributed by atoms with E-state index in [-0.39, 0.29) is 6.61 Å². The number of esters is 1. The summed E-state index contributed by atoms with van der Waals surface area (Å²) in [7, 11) is 0. The lowest BCUT2D eigenvalue weighted by molar-refractivity contribution is 0.0519. The topological polar surface area (TPSA) is 83.4 Å². The number of ether oxygens (including phenoxy) is 1. The number of nitrogens with one attached hydrogen (secondary N) is 3. The molecule has 0 fully saturated rings. The number of aromatic amines is 1.